The van der Waals surface area contributed by atoms with Crippen LogP contribution in [0.15, 0.2) is 24.4 Å². The lowest BCUT2D eigenvalue weighted by atomic mass is 9.85. The second-order valence-corrected chi connectivity index (χ2v) is 4.77. The molecule has 2 atom stereocenters. The predicted molar refractivity (Wildman–Crippen MR) is 67.7 cm³/mol. The monoisotopic (exact) mass is 265 g/mol. The van der Waals surface area contributed by atoms with Crippen molar-refractivity contribution in [3.63, 3.8) is 0 Å². The summed E-state index contributed by atoms with van der Waals surface area (Å²) in [5, 5.41) is 8.82. The van der Waals surface area contributed by atoms with Crippen molar-refractivity contribution in [3.8, 4) is 5.88 Å². The first-order chi connectivity index (χ1) is 9.09. The Balaban J connectivity index is 2.05. The van der Waals surface area contributed by atoms with Crippen LogP contribution in [-0.2, 0) is 0 Å². The highest BCUT2D eigenvalue weighted by Crippen LogP contribution is 2.26. The minimum atomic E-state index is -1.32. The van der Waals surface area contributed by atoms with E-state index in [2.05, 4.69) is 24.1 Å². The summed E-state index contributed by atoms with van der Waals surface area (Å²) in [4.78, 5) is 14.6. The Labute approximate surface area is 110 Å². The number of aromatic carboxylic acids is 1. The number of rotatable bonds is 4. The molecule has 1 aliphatic rings. The van der Waals surface area contributed by atoms with Crippen LogP contribution >= 0.6 is 0 Å². The third-order valence-electron chi connectivity index (χ3n) is 3.44. The number of nitrogens with zero attached hydrogens (tertiary/aromatic N) is 1. The summed E-state index contributed by atoms with van der Waals surface area (Å²) in [7, 11) is 0. The van der Waals surface area contributed by atoms with E-state index in [1.807, 2.05) is 0 Å². The second kappa shape index (κ2) is 5.82. The number of allylic oxidation sites excluding steroid dienone is 2. The van der Waals surface area contributed by atoms with E-state index in [4.69, 9.17) is 9.84 Å². The van der Waals surface area contributed by atoms with E-state index in [0.717, 1.165) is 18.9 Å². The Morgan fingerprint density at radius 3 is 2.95 bits per heavy atom. The first kappa shape index (κ1) is 13.5. The van der Waals surface area contributed by atoms with Crippen LogP contribution in [0.4, 0.5) is 4.39 Å². The van der Waals surface area contributed by atoms with Gasteiger partial charge in [-0.15, -0.1) is 0 Å². The number of aromatic nitrogens is 1. The average Bonchev–Trinajstić information content (AvgIpc) is 2.39. The van der Waals surface area contributed by atoms with Gasteiger partial charge in [-0.05, 0) is 30.7 Å². The SMILES string of the molecule is CC1CC=CCC1COc1nccc(C(=O)O)c1F. The number of ether oxygens (including phenoxy) is 1. The fraction of sp³-hybridized carbons (Fsp3) is 0.429. The van der Waals surface area contributed by atoms with Crippen molar-refractivity contribution in [1.29, 1.82) is 0 Å². The fourth-order valence-electron chi connectivity index (χ4n) is 2.12. The van der Waals surface area contributed by atoms with Gasteiger partial charge in [-0.3, -0.25) is 0 Å². The summed E-state index contributed by atoms with van der Waals surface area (Å²) in [6, 6.07) is 1.12. The highest BCUT2D eigenvalue weighted by molar-refractivity contribution is 5.88. The lowest BCUT2D eigenvalue weighted by molar-refractivity contribution is 0.0689. The number of halogens is 1. The molecular formula is C14H16FNO3. The summed E-state index contributed by atoms with van der Waals surface area (Å²) in [6.07, 6.45) is 7.34. The maximum absolute atomic E-state index is 13.8. The molecule has 0 aliphatic heterocycles. The molecule has 0 bridgehead atoms. The number of carboxylic acids is 1. The first-order valence-corrected chi connectivity index (χ1v) is 6.25. The highest BCUT2D eigenvalue weighted by atomic mass is 19.1. The molecule has 0 aromatic carbocycles. The Morgan fingerprint density at radius 2 is 2.26 bits per heavy atom. The summed E-state index contributed by atoms with van der Waals surface area (Å²) in [5.41, 5.74) is -0.415. The molecule has 1 heterocycles. The minimum Gasteiger partial charge on any atom is -0.478 e. The smallest absolute Gasteiger partial charge is 0.338 e. The zero-order chi connectivity index (χ0) is 13.8. The summed E-state index contributed by atoms with van der Waals surface area (Å²) < 4.78 is 19.1. The van der Waals surface area contributed by atoms with Gasteiger partial charge in [-0.1, -0.05) is 19.1 Å². The van der Waals surface area contributed by atoms with Crippen LogP contribution < -0.4 is 4.74 Å². The molecule has 1 aliphatic carbocycles. The van der Waals surface area contributed by atoms with Crippen LogP contribution in [0.5, 0.6) is 5.88 Å². The van der Waals surface area contributed by atoms with Crippen molar-refractivity contribution in [1.82, 2.24) is 4.98 Å². The zero-order valence-electron chi connectivity index (χ0n) is 10.7. The number of carbonyl (C=O) groups is 1. The molecule has 19 heavy (non-hydrogen) atoms. The first-order valence-electron chi connectivity index (χ1n) is 6.25. The van der Waals surface area contributed by atoms with E-state index >= 15 is 0 Å². The molecule has 1 aromatic heterocycles. The molecule has 1 N–H and O–H groups in total. The quantitative estimate of drug-likeness (QED) is 0.850. The molecule has 5 heteroatoms. The molecule has 102 valence electrons. The Morgan fingerprint density at radius 1 is 1.53 bits per heavy atom. The summed E-state index contributed by atoms with van der Waals surface area (Å²) >= 11 is 0. The average molecular weight is 265 g/mol. The Hall–Kier alpha value is -1.91. The number of hydrogen-bond acceptors (Lipinski definition) is 3. The third-order valence-corrected chi connectivity index (χ3v) is 3.44. The topological polar surface area (TPSA) is 59.4 Å². The van der Waals surface area contributed by atoms with Gasteiger partial charge in [0.1, 0.15) is 5.56 Å². The van der Waals surface area contributed by atoms with E-state index in [-0.39, 0.29) is 5.88 Å². The van der Waals surface area contributed by atoms with Crippen molar-refractivity contribution >= 4 is 5.97 Å². The number of carboxylic acid groups (broad SMARTS) is 1. The standard InChI is InChI=1S/C14H16FNO3/c1-9-4-2-3-5-10(9)8-19-13-12(15)11(14(17)18)6-7-16-13/h2-3,6-7,9-10H,4-5,8H2,1H3,(H,17,18). The van der Waals surface area contributed by atoms with Gasteiger partial charge in [0.2, 0.25) is 0 Å². The molecule has 1 aromatic rings. The van der Waals surface area contributed by atoms with Crippen molar-refractivity contribution in [2.75, 3.05) is 6.61 Å². The van der Waals surface area contributed by atoms with Crippen LogP contribution in [0.1, 0.15) is 30.1 Å². The van der Waals surface area contributed by atoms with Crippen LogP contribution in [0.25, 0.3) is 0 Å². The maximum Gasteiger partial charge on any atom is 0.338 e. The molecule has 2 rings (SSSR count). The molecule has 0 amide bonds. The van der Waals surface area contributed by atoms with Crippen LogP contribution in [0.3, 0.4) is 0 Å². The van der Waals surface area contributed by atoms with Gasteiger partial charge in [-0.25, -0.2) is 14.2 Å². The van der Waals surface area contributed by atoms with Crippen LogP contribution in [0, 0.1) is 17.7 Å². The summed E-state index contributed by atoms with van der Waals surface area (Å²) in [5.74, 6) is -1.69. The molecule has 0 fully saturated rings. The molecular weight excluding hydrogens is 249 g/mol. The van der Waals surface area contributed by atoms with E-state index in [1.165, 1.54) is 6.20 Å². The third kappa shape index (κ3) is 3.10. The summed E-state index contributed by atoms with van der Waals surface area (Å²) in [6.45, 7) is 2.47. The second-order valence-electron chi connectivity index (χ2n) is 4.77. The van der Waals surface area contributed by atoms with Crippen molar-refractivity contribution in [2.24, 2.45) is 11.8 Å². The maximum atomic E-state index is 13.8. The fourth-order valence-corrected chi connectivity index (χ4v) is 2.12. The van der Waals surface area contributed by atoms with Crippen molar-refractivity contribution in [2.45, 2.75) is 19.8 Å². The van der Waals surface area contributed by atoms with Gasteiger partial charge in [-0.2, -0.15) is 0 Å². The van der Waals surface area contributed by atoms with Gasteiger partial charge in [0.25, 0.3) is 5.88 Å². The van der Waals surface area contributed by atoms with E-state index in [9.17, 15) is 9.18 Å². The lowest BCUT2D eigenvalue weighted by Crippen LogP contribution is -2.22. The molecule has 0 saturated carbocycles. The molecule has 4 nitrogen and oxygen atoms in total. The predicted octanol–water partition coefficient (Wildman–Crippen LogP) is 2.90. The molecule has 2 unspecified atom stereocenters. The molecule has 0 spiro atoms. The Bertz CT molecular complexity index is 501. The zero-order valence-corrected chi connectivity index (χ0v) is 10.7. The largest absolute Gasteiger partial charge is 0.478 e. The normalized spacial score (nSPS) is 22.2. The van der Waals surface area contributed by atoms with E-state index in [0.29, 0.717) is 18.4 Å². The van der Waals surface area contributed by atoms with Gasteiger partial charge in [0.05, 0.1) is 6.61 Å². The lowest BCUT2D eigenvalue weighted by Gasteiger charge is -2.24. The van der Waals surface area contributed by atoms with E-state index in [1.54, 1.807) is 0 Å². The van der Waals surface area contributed by atoms with Gasteiger partial charge in [0.15, 0.2) is 5.82 Å². The minimum absolute atomic E-state index is 0.235. The highest BCUT2D eigenvalue weighted by Gasteiger charge is 2.21. The van der Waals surface area contributed by atoms with Gasteiger partial charge >= 0.3 is 5.97 Å². The van der Waals surface area contributed by atoms with E-state index < -0.39 is 17.3 Å². The van der Waals surface area contributed by atoms with Crippen LogP contribution in [0.2, 0.25) is 0 Å². The van der Waals surface area contributed by atoms with Crippen LogP contribution in [-0.4, -0.2) is 22.7 Å². The molecule has 0 saturated heterocycles. The van der Waals surface area contributed by atoms with Crippen molar-refractivity contribution < 1.29 is 19.0 Å². The number of hydrogen-bond donors (Lipinski definition) is 1. The Kier molecular flexibility index (Phi) is 4.14. The van der Waals surface area contributed by atoms with Gasteiger partial charge in [0, 0.05) is 6.20 Å². The molecule has 0 radical (unpaired) electrons. The number of pyridine rings is 1. The van der Waals surface area contributed by atoms with Gasteiger partial charge < -0.3 is 9.84 Å². The van der Waals surface area contributed by atoms with Crippen molar-refractivity contribution in [3.05, 3.63) is 35.8 Å².